The number of alkyl halides is 3. The SMILES string of the molecule is [C-]#[N+]/C(C#N)=C1/c2cc(C(F)(F)F)ccc2-c2c(C)c3c(c(C)c21)-c1ccc(C)cc1/C3=C(/C#N)[N+]#[C-]. The van der Waals surface area contributed by atoms with Crippen molar-refractivity contribution >= 4 is 11.1 Å². The molecule has 0 saturated heterocycles. The molecule has 0 saturated carbocycles. The van der Waals surface area contributed by atoms with Crippen LogP contribution in [0.2, 0.25) is 0 Å². The zero-order valence-corrected chi connectivity index (χ0v) is 19.9. The predicted molar refractivity (Wildman–Crippen MR) is 133 cm³/mol. The van der Waals surface area contributed by atoms with Crippen LogP contribution in [-0.4, -0.2) is 0 Å². The van der Waals surface area contributed by atoms with Crippen LogP contribution in [0.5, 0.6) is 0 Å². The minimum atomic E-state index is -4.60. The molecule has 0 N–H and O–H groups in total. The van der Waals surface area contributed by atoms with Gasteiger partial charge in [-0.1, -0.05) is 29.8 Å². The van der Waals surface area contributed by atoms with Crippen LogP contribution in [0.4, 0.5) is 13.2 Å². The van der Waals surface area contributed by atoms with Gasteiger partial charge in [0.05, 0.1) is 30.8 Å². The lowest BCUT2D eigenvalue weighted by atomic mass is 9.85. The highest BCUT2D eigenvalue weighted by atomic mass is 19.4. The largest absolute Gasteiger partial charge is 0.416 e. The maximum Gasteiger partial charge on any atom is 0.416 e. The van der Waals surface area contributed by atoms with Crippen molar-refractivity contribution in [3.05, 3.63) is 115 Å². The monoisotopic (exact) mass is 488 g/mol. The molecule has 37 heavy (non-hydrogen) atoms. The summed E-state index contributed by atoms with van der Waals surface area (Å²) < 4.78 is 40.9. The maximum absolute atomic E-state index is 13.6. The third kappa shape index (κ3) is 3.12. The Labute approximate surface area is 211 Å². The van der Waals surface area contributed by atoms with Crippen molar-refractivity contribution in [2.75, 3.05) is 0 Å². The summed E-state index contributed by atoms with van der Waals surface area (Å²) in [6.45, 7) is 20.8. The molecule has 0 radical (unpaired) electrons. The van der Waals surface area contributed by atoms with Crippen LogP contribution in [0, 0.1) is 56.6 Å². The summed E-state index contributed by atoms with van der Waals surface area (Å²) in [6.07, 6.45) is -4.60. The van der Waals surface area contributed by atoms with E-state index < -0.39 is 11.7 Å². The molecule has 2 aliphatic rings. The Balaban J connectivity index is 2.02. The highest BCUT2D eigenvalue weighted by Gasteiger charge is 2.39. The molecule has 0 aromatic heterocycles. The van der Waals surface area contributed by atoms with Crippen molar-refractivity contribution in [2.45, 2.75) is 26.9 Å². The summed E-state index contributed by atoms with van der Waals surface area (Å²) in [5.74, 6) is 0. The van der Waals surface area contributed by atoms with Crippen LogP contribution in [0.15, 0.2) is 47.8 Å². The van der Waals surface area contributed by atoms with E-state index in [9.17, 15) is 23.7 Å². The number of rotatable bonds is 0. The minimum absolute atomic E-state index is 0.0756. The average Bonchev–Trinajstić information content (AvgIpc) is 3.38. The van der Waals surface area contributed by atoms with Gasteiger partial charge in [-0.15, -0.1) is 0 Å². The fraction of sp³-hybridized carbons (Fsp3) is 0.133. The Morgan fingerprint density at radius 2 is 1.16 bits per heavy atom. The number of aryl methyl sites for hydroxylation is 1. The molecule has 2 aliphatic carbocycles. The van der Waals surface area contributed by atoms with Gasteiger partial charge in [0.15, 0.2) is 0 Å². The van der Waals surface area contributed by atoms with Crippen molar-refractivity contribution in [1.29, 1.82) is 10.5 Å². The standard InChI is InChI=1S/C30H15F3N4/c1-14-6-8-18-20(10-14)28(22(12-34)36-4)26-16(3)25-19-9-7-17(30(31,32)33)11-21(19)29(23(13-35)37-5)27(25)15(2)24(18)26/h6-11H,1-3H3/b28-22+,29-23-. The van der Waals surface area contributed by atoms with Crippen LogP contribution >= 0.6 is 0 Å². The maximum atomic E-state index is 13.6. The lowest BCUT2D eigenvalue weighted by Crippen LogP contribution is -2.05. The van der Waals surface area contributed by atoms with Crippen molar-refractivity contribution < 1.29 is 13.2 Å². The third-order valence-corrected chi connectivity index (χ3v) is 7.01. The Morgan fingerprint density at radius 3 is 1.59 bits per heavy atom. The molecule has 0 spiro atoms. The van der Waals surface area contributed by atoms with Crippen LogP contribution in [0.1, 0.15) is 44.5 Å². The molecule has 0 atom stereocenters. The minimum Gasteiger partial charge on any atom is -0.226 e. The molecule has 5 rings (SSSR count). The molecule has 0 unspecified atom stereocenters. The first-order valence-electron chi connectivity index (χ1n) is 11.1. The van der Waals surface area contributed by atoms with Gasteiger partial charge in [-0.05, 0) is 88.5 Å². The lowest BCUT2D eigenvalue weighted by Gasteiger charge is -2.18. The summed E-state index contributed by atoms with van der Waals surface area (Å²) in [4.78, 5) is 6.85. The van der Waals surface area contributed by atoms with Gasteiger partial charge < -0.3 is 0 Å². The first-order valence-corrected chi connectivity index (χ1v) is 11.1. The van der Waals surface area contributed by atoms with Crippen molar-refractivity contribution in [1.82, 2.24) is 0 Å². The van der Waals surface area contributed by atoms with E-state index in [1.54, 1.807) is 0 Å². The topological polar surface area (TPSA) is 56.3 Å². The van der Waals surface area contributed by atoms with Crippen molar-refractivity contribution in [2.24, 2.45) is 0 Å². The predicted octanol–water partition coefficient (Wildman–Crippen LogP) is 8.00. The van der Waals surface area contributed by atoms with Gasteiger partial charge in [0.25, 0.3) is 11.4 Å². The van der Waals surface area contributed by atoms with Gasteiger partial charge in [0.1, 0.15) is 0 Å². The summed E-state index contributed by atoms with van der Waals surface area (Å²) >= 11 is 0. The van der Waals surface area contributed by atoms with E-state index in [0.29, 0.717) is 39.0 Å². The molecule has 3 aromatic carbocycles. The molecule has 0 heterocycles. The second-order valence-corrected chi connectivity index (χ2v) is 8.95. The molecule has 3 aromatic rings. The number of nitriles is 2. The van der Waals surface area contributed by atoms with E-state index in [1.165, 1.54) is 6.07 Å². The Morgan fingerprint density at radius 1 is 0.703 bits per heavy atom. The van der Waals surface area contributed by atoms with Crippen LogP contribution < -0.4 is 0 Å². The number of hydrogen-bond donors (Lipinski definition) is 0. The summed E-state index contributed by atoms with van der Waals surface area (Å²) in [7, 11) is 0. The Hall–Kier alpha value is -5.11. The summed E-state index contributed by atoms with van der Waals surface area (Å²) in [5.41, 5.74) is 6.47. The Kier molecular flexibility index (Phi) is 5.08. The number of nitrogens with zero attached hydrogens (tertiary/aromatic N) is 4. The second kappa shape index (κ2) is 7.96. The molecule has 7 heteroatoms. The smallest absolute Gasteiger partial charge is 0.226 e. The molecule has 0 amide bonds. The number of fused-ring (bicyclic) bond motifs is 6. The highest BCUT2D eigenvalue weighted by molar-refractivity contribution is 6.13. The van der Waals surface area contributed by atoms with Gasteiger partial charge in [-0.3, -0.25) is 0 Å². The van der Waals surface area contributed by atoms with Gasteiger partial charge in [-0.25, -0.2) is 20.2 Å². The highest BCUT2D eigenvalue weighted by Crippen LogP contribution is 2.58. The van der Waals surface area contributed by atoms with E-state index in [1.807, 2.05) is 51.1 Å². The van der Waals surface area contributed by atoms with E-state index in [-0.39, 0.29) is 22.5 Å². The average molecular weight is 488 g/mol. The van der Waals surface area contributed by atoms with E-state index >= 15 is 0 Å². The molecule has 176 valence electrons. The van der Waals surface area contributed by atoms with Gasteiger partial charge in [0.2, 0.25) is 0 Å². The van der Waals surface area contributed by atoms with Crippen LogP contribution in [0.3, 0.4) is 0 Å². The fourth-order valence-corrected chi connectivity index (χ4v) is 5.56. The van der Waals surface area contributed by atoms with Crippen LogP contribution in [0.25, 0.3) is 43.1 Å². The molecule has 0 fully saturated rings. The van der Waals surface area contributed by atoms with Gasteiger partial charge in [-0.2, -0.15) is 13.2 Å². The molecule has 0 bridgehead atoms. The lowest BCUT2D eigenvalue weighted by molar-refractivity contribution is -0.137. The number of halogens is 3. The quantitative estimate of drug-likeness (QED) is 0.164. The zero-order valence-electron chi connectivity index (χ0n) is 19.9. The van der Waals surface area contributed by atoms with Crippen molar-refractivity contribution in [3.63, 3.8) is 0 Å². The first kappa shape index (κ1) is 23.6. The molecular formula is C30H15F3N4. The van der Waals surface area contributed by atoms with Gasteiger partial charge in [0, 0.05) is 11.1 Å². The number of benzene rings is 3. The number of allylic oxidation sites excluding steroid dienone is 2. The zero-order chi connectivity index (χ0) is 26.8. The van der Waals surface area contributed by atoms with Gasteiger partial charge >= 0.3 is 6.18 Å². The molecule has 0 aliphatic heterocycles. The van der Waals surface area contributed by atoms with Crippen LogP contribution in [-0.2, 0) is 6.18 Å². The number of hydrogen-bond acceptors (Lipinski definition) is 2. The normalized spacial score (nSPS) is 15.3. The fourth-order valence-electron chi connectivity index (χ4n) is 5.56. The third-order valence-electron chi connectivity index (χ3n) is 7.01. The van der Waals surface area contributed by atoms with E-state index in [4.69, 9.17) is 13.1 Å². The summed E-state index contributed by atoms with van der Waals surface area (Å²) in [5, 5.41) is 19.6. The molecular weight excluding hydrogens is 473 g/mol. The van der Waals surface area contributed by atoms with E-state index in [2.05, 4.69) is 9.69 Å². The Bertz CT molecular complexity index is 1790. The second-order valence-electron chi connectivity index (χ2n) is 8.95. The van der Waals surface area contributed by atoms with E-state index in [0.717, 1.165) is 34.4 Å². The molecule has 4 nitrogen and oxygen atoms in total. The first-order chi connectivity index (χ1) is 17.6. The van der Waals surface area contributed by atoms with Crippen molar-refractivity contribution in [3.8, 4) is 34.4 Å². The summed E-state index contributed by atoms with van der Waals surface area (Å²) in [6, 6.07) is 13.0.